The highest BCUT2D eigenvalue weighted by molar-refractivity contribution is 9.10. The van der Waals surface area contributed by atoms with Crippen LogP contribution in [0.3, 0.4) is 0 Å². The Morgan fingerprint density at radius 3 is 2.38 bits per heavy atom. The van der Waals surface area contributed by atoms with Gasteiger partial charge in [-0.15, -0.1) is 0 Å². The third kappa shape index (κ3) is 7.12. The number of carbonyl (C=O) groups is 1. The number of alkyl halides is 1. The van der Waals surface area contributed by atoms with Crippen molar-refractivity contribution >= 4 is 48.9 Å². The Hall–Kier alpha value is -2.70. The molecule has 5 saturated carbocycles. The molecular formula is C36H48BrN5O5S. The molecular weight excluding hydrogens is 694 g/mol. The topological polar surface area (TPSA) is 125 Å². The molecule has 1 heterocycles. The fraction of sp³-hybridized carbons (Fsp3) is 0.639. The number of nitro benzene ring substituents is 1. The van der Waals surface area contributed by atoms with Gasteiger partial charge in [-0.3, -0.25) is 19.8 Å². The molecule has 0 radical (unpaired) electrons. The van der Waals surface area contributed by atoms with Gasteiger partial charge in [0.2, 0.25) is 0 Å². The molecule has 0 aromatic heterocycles. The summed E-state index contributed by atoms with van der Waals surface area (Å²) >= 11 is 4.19. The summed E-state index contributed by atoms with van der Waals surface area (Å²) in [6.07, 6.45) is 13.8. The fourth-order valence-electron chi connectivity index (χ4n) is 10.5. The number of benzene rings is 2. The number of sulfonamides is 1. The second-order valence-electron chi connectivity index (χ2n) is 16.0. The van der Waals surface area contributed by atoms with E-state index in [-0.39, 0.29) is 21.8 Å². The minimum atomic E-state index is -4.33. The first-order valence-corrected chi connectivity index (χ1v) is 20.0. The predicted molar refractivity (Wildman–Crippen MR) is 191 cm³/mol. The van der Waals surface area contributed by atoms with Gasteiger partial charge in [-0.1, -0.05) is 42.1 Å². The number of amides is 1. The van der Waals surface area contributed by atoms with Crippen LogP contribution >= 0.6 is 15.9 Å². The number of rotatable bonds is 10. The number of hydrogen-bond donors (Lipinski definition) is 2. The summed E-state index contributed by atoms with van der Waals surface area (Å²) in [6.45, 7) is 8.10. The van der Waals surface area contributed by atoms with E-state index >= 15 is 0 Å². The molecule has 6 fully saturated rings. The van der Waals surface area contributed by atoms with E-state index in [1.807, 2.05) is 12.1 Å². The maximum Gasteiger partial charge on any atom is 0.293 e. The zero-order valence-electron chi connectivity index (χ0n) is 27.9. The van der Waals surface area contributed by atoms with Gasteiger partial charge >= 0.3 is 0 Å². The molecule has 1 amide bonds. The minimum absolute atomic E-state index is 0.209. The number of nitro groups is 1. The summed E-state index contributed by atoms with van der Waals surface area (Å²) < 4.78 is 28.7. The Labute approximate surface area is 292 Å². The molecule has 10 nitrogen and oxygen atoms in total. The van der Waals surface area contributed by atoms with Gasteiger partial charge < -0.3 is 10.2 Å². The van der Waals surface area contributed by atoms with Gasteiger partial charge in [0, 0.05) is 60.9 Å². The first kappa shape index (κ1) is 33.8. The number of nitrogens with one attached hydrogen (secondary N) is 2. The van der Waals surface area contributed by atoms with Crippen LogP contribution in [-0.2, 0) is 10.0 Å². The number of piperazine rings is 1. The molecule has 2 aromatic rings. The Kier molecular flexibility index (Phi) is 9.07. The molecule has 8 rings (SSSR count). The van der Waals surface area contributed by atoms with E-state index in [0.717, 1.165) is 69.5 Å². The van der Waals surface area contributed by atoms with Crippen molar-refractivity contribution in [2.75, 3.05) is 49.5 Å². The molecule has 48 heavy (non-hydrogen) atoms. The van der Waals surface area contributed by atoms with Crippen LogP contribution in [0.2, 0.25) is 0 Å². The van der Waals surface area contributed by atoms with Gasteiger partial charge in [0.25, 0.3) is 21.6 Å². The first-order valence-electron chi connectivity index (χ1n) is 17.7. The van der Waals surface area contributed by atoms with E-state index in [9.17, 15) is 23.3 Å². The van der Waals surface area contributed by atoms with Gasteiger partial charge in [0.1, 0.15) is 5.69 Å². The van der Waals surface area contributed by atoms with E-state index in [1.54, 1.807) is 12.1 Å². The maximum atomic E-state index is 13.1. The van der Waals surface area contributed by atoms with Crippen LogP contribution in [0.5, 0.6) is 0 Å². The Balaban J connectivity index is 0.938. The molecule has 1 saturated heterocycles. The van der Waals surface area contributed by atoms with E-state index in [1.165, 1.54) is 63.6 Å². The van der Waals surface area contributed by atoms with Gasteiger partial charge in [-0.25, -0.2) is 13.1 Å². The molecule has 0 spiro atoms. The molecule has 5 aliphatic carbocycles. The van der Waals surface area contributed by atoms with E-state index in [2.05, 4.69) is 42.7 Å². The van der Waals surface area contributed by atoms with Gasteiger partial charge in [-0.05, 0) is 110 Å². The quantitative estimate of drug-likeness (QED) is 0.152. The molecule has 1 aliphatic heterocycles. The molecule has 6 aliphatic rings. The molecule has 2 N–H and O–H groups in total. The lowest BCUT2D eigenvalue weighted by Crippen LogP contribution is -2.61. The molecule has 4 atom stereocenters. The lowest BCUT2D eigenvalue weighted by molar-refractivity contribution is -0.384. The first-order chi connectivity index (χ1) is 22.8. The average Bonchev–Trinajstić information content (AvgIpc) is 3.02. The Bertz CT molecular complexity index is 1640. The van der Waals surface area contributed by atoms with Crippen molar-refractivity contribution in [3.63, 3.8) is 0 Å². The van der Waals surface area contributed by atoms with Crippen LogP contribution in [0.25, 0.3) is 0 Å². The van der Waals surface area contributed by atoms with Crippen molar-refractivity contribution in [1.82, 2.24) is 9.62 Å². The van der Waals surface area contributed by atoms with Crippen LogP contribution in [0.15, 0.2) is 47.4 Å². The summed E-state index contributed by atoms with van der Waals surface area (Å²) in [7, 11) is -4.33. The third-order valence-corrected chi connectivity index (χ3v) is 14.0. The maximum absolute atomic E-state index is 13.1. The molecule has 12 heteroatoms. The number of halogens is 1. The normalized spacial score (nSPS) is 30.7. The summed E-state index contributed by atoms with van der Waals surface area (Å²) in [5.41, 5.74) is 2.06. The van der Waals surface area contributed by atoms with Crippen molar-refractivity contribution in [3.05, 3.63) is 58.1 Å². The number of anilines is 2. The smallest absolute Gasteiger partial charge is 0.293 e. The largest absolute Gasteiger partial charge is 0.379 e. The monoisotopic (exact) mass is 741 g/mol. The second-order valence-corrected chi connectivity index (χ2v) is 19.4. The van der Waals surface area contributed by atoms with Crippen molar-refractivity contribution < 1.29 is 18.1 Å². The third-order valence-electron chi connectivity index (χ3n) is 11.8. The van der Waals surface area contributed by atoms with E-state index in [4.69, 9.17) is 0 Å². The zero-order chi connectivity index (χ0) is 33.7. The van der Waals surface area contributed by atoms with Crippen LogP contribution in [0, 0.1) is 32.8 Å². The highest BCUT2D eigenvalue weighted by Gasteiger charge is 2.61. The van der Waals surface area contributed by atoms with Crippen LogP contribution in [-0.4, -0.2) is 67.7 Å². The van der Waals surface area contributed by atoms with Crippen molar-refractivity contribution in [3.8, 4) is 0 Å². The predicted octanol–water partition coefficient (Wildman–Crippen LogP) is 6.95. The van der Waals surface area contributed by atoms with E-state index < -0.39 is 20.9 Å². The lowest BCUT2D eigenvalue weighted by Gasteiger charge is -2.65. The molecule has 4 bridgehead atoms. The summed E-state index contributed by atoms with van der Waals surface area (Å²) in [6, 6.07) is 10.7. The zero-order valence-corrected chi connectivity index (χ0v) is 30.3. The van der Waals surface area contributed by atoms with Crippen molar-refractivity contribution in [2.24, 2.45) is 22.7 Å². The summed E-state index contributed by atoms with van der Waals surface area (Å²) in [5.74, 6) is 0.524. The minimum Gasteiger partial charge on any atom is -0.379 e. The van der Waals surface area contributed by atoms with Crippen LogP contribution in [0.1, 0.15) is 87.9 Å². The second kappa shape index (κ2) is 12.9. The number of hydrogen-bond acceptors (Lipinski definition) is 8. The Morgan fingerprint density at radius 2 is 1.71 bits per heavy atom. The van der Waals surface area contributed by atoms with Crippen LogP contribution < -0.4 is 14.9 Å². The van der Waals surface area contributed by atoms with Crippen molar-refractivity contribution in [1.29, 1.82) is 0 Å². The average molecular weight is 743 g/mol. The SMILES string of the molecule is C[C@]12CC3CC(Br)(C1)C[C@](CN1CCN(c4ccc(C(=O)NS(=O)(=O)c5ccc(NCC6CCCCC6)c([N+](=O)[O-])c5)cc4)CC1)(C3)C2. The summed E-state index contributed by atoms with van der Waals surface area (Å²) in [4.78, 5) is 28.9. The van der Waals surface area contributed by atoms with Crippen LogP contribution in [0.4, 0.5) is 17.1 Å². The highest BCUT2D eigenvalue weighted by atomic mass is 79.9. The standard InChI is InChI=1S/C36H48BrN5O5S/c1-34-18-27-19-35(22-34,24-36(37,20-27)23-34)25-40-13-15-41(16-14-40)29-9-7-28(8-10-29)33(43)39-48(46,47)30-11-12-31(32(17-30)42(44)45)38-21-26-5-3-2-4-6-26/h7-12,17,26-27,38H,2-6,13-16,18-25H2,1H3,(H,39,43)/t27?,34-,35+,36?/m1/s1. The Morgan fingerprint density at radius 1 is 0.979 bits per heavy atom. The molecule has 2 aromatic carbocycles. The van der Waals surface area contributed by atoms with E-state index in [0.29, 0.717) is 27.6 Å². The molecule has 260 valence electrons. The fourth-order valence-corrected chi connectivity index (χ4v) is 13.2. The number of nitrogens with zero attached hydrogens (tertiary/aromatic N) is 3. The van der Waals surface area contributed by atoms with Gasteiger partial charge in [0.15, 0.2) is 0 Å². The molecule has 2 unspecified atom stereocenters. The van der Waals surface area contributed by atoms with Gasteiger partial charge in [-0.2, -0.15) is 0 Å². The van der Waals surface area contributed by atoms with Gasteiger partial charge in [0.05, 0.1) is 9.82 Å². The highest BCUT2D eigenvalue weighted by Crippen LogP contribution is 2.69. The lowest BCUT2D eigenvalue weighted by atomic mass is 9.44. The van der Waals surface area contributed by atoms with Crippen molar-refractivity contribution in [2.45, 2.75) is 86.8 Å². The summed E-state index contributed by atoms with van der Waals surface area (Å²) in [5, 5.41) is 15.0. The number of carbonyl (C=O) groups excluding carboxylic acids is 1.